The molecule has 2 fully saturated rings. The first kappa shape index (κ1) is 11.4. The second-order valence-corrected chi connectivity index (χ2v) is 5.22. The van der Waals surface area contributed by atoms with Gasteiger partial charge in [-0.05, 0) is 37.6 Å². The van der Waals surface area contributed by atoms with Gasteiger partial charge >= 0.3 is 0 Å². The zero-order valence-corrected chi connectivity index (χ0v) is 10.0. The maximum atomic E-state index is 5.51. The van der Waals surface area contributed by atoms with E-state index in [-0.39, 0.29) is 0 Å². The van der Waals surface area contributed by atoms with E-state index in [0.29, 0.717) is 0 Å². The van der Waals surface area contributed by atoms with Crippen LogP contribution in [-0.4, -0.2) is 25.8 Å². The molecule has 0 amide bonds. The minimum Gasteiger partial charge on any atom is -0.381 e. The van der Waals surface area contributed by atoms with Crippen molar-refractivity contribution >= 4 is 0 Å². The summed E-state index contributed by atoms with van der Waals surface area (Å²) in [6.45, 7) is 5.40. The molecule has 0 bridgehead atoms. The third-order valence-electron chi connectivity index (χ3n) is 4.00. The van der Waals surface area contributed by atoms with Crippen LogP contribution in [0.3, 0.4) is 0 Å². The molecule has 2 rings (SSSR count). The Morgan fingerprint density at radius 1 is 1.33 bits per heavy atom. The fourth-order valence-corrected chi connectivity index (χ4v) is 2.73. The van der Waals surface area contributed by atoms with Crippen molar-refractivity contribution in [1.82, 2.24) is 5.32 Å². The minimum absolute atomic E-state index is 0.734. The van der Waals surface area contributed by atoms with Gasteiger partial charge in [-0.25, -0.2) is 0 Å². The van der Waals surface area contributed by atoms with E-state index in [4.69, 9.17) is 4.74 Å². The van der Waals surface area contributed by atoms with E-state index in [9.17, 15) is 0 Å². The Morgan fingerprint density at radius 3 is 2.73 bits per heavy atom. The Balaban J connectivity index is 1.77. The van der Waals surface area contributed by atoms with Crippen molar-refractivity contribution < 1.29 is 4.74 Å². The number of hydrogen-bond donors (Lipinski definition) is 1. The van der Waals surface area contributed by atoms with Crippen LogP contribution in [0.15, 0.2) is 0 Å². The monoisotopic (exact) mass is 211 g/mol. The normalized spacial score (nSPS) is 29.0. The lowest BCUT2D eigenvalue weighted by Gasteiger charge is -2.32. The molecule has 0 spiro atoms. The van der Waals surface area contributed by atoms with Gasteiger partial charge in [0.05, 0.1) is 6.61 Å². The number of rotatable bonds is 6. The Labute approximate surface area is 93.8 Å². The van der Waals surface area contributed by atoms with E-state index in [1.54, 1.807) is 0 Å². The molecule has 1 heterocycles. The van der Waals surface area contributed by atoms with Crippen LogP contribution in [-0.2, 0) is 4.74 Å². The lowest BCUT2D eigenvalue weighted by molar-refractivity contribution is 0.163. The summed E-state index contributed by atoms with van der Waals surface area (Å²) < 4.78 is 5.51. The molecule has 1 saturated heterocycles. The molecule has 2 atom stereocenters. The molecule has 2 unspecified atom stereocenters. The van der Waals surface area contributed by atoms with Gasteiger partial charge in [0.25, 0.3) is 0 Å². The van der Waals surface area contributed by atoms with Gasteiger partial charge in [0.15, 0.2) is 0 Å². The quantitative estimate of drug-likeness (QED) is 0.729. The van der Waals surface area contributed by atoms with Gasteiger partial charge in [-0.1, -0.05) is 26.2 Å². The molecule has 0 aromatic carbocycles. The molecular formula is C13H25NO. The molecule has 1 aliphatic carbocycles. The Kier molecular flexibility index (Phi) is 4.45. The van der Waals surface area contributed by atoms with Gasteiger partial charge in [0, 0.05) is 12.6 Å². The van der Waals surface area contributed by atoms with Crippen molar-refractivity contribution in [2.24, 2.45) is 11.8 Å². The molecule has 88 valence electrons. The second kappa shape index (κ2) is 5.86. The molecule has 0 aromatic heterocycles. The first-order valence-electron chi connectivity index (χ1n) is 6.71. The Bertz CT molecular complexity index is 173. The summed E-state index contributed by atoms with van der Waals surface area (Å²) in [6.07, 6.45) is 8.32. The fourth-order valence-electron chi connectivity index (χ4n) is 2.73. The van der Waals surface area contributed by atoms with E-state index < -0.39 is 0 Å². The van der Waals surface area contributed by atoms with Crippen LogP contribution in [0.25, 0.3) is 0 Å². The summed E-state index contributed by atoms with van der Waals surface area (Å²) in [6, 6.07) is 0.734. The van der Waals surface area contributed by atoms with Crippen molar-refractivity contribution in [2.75, 3.05) is 19.8 Å². The average Bonchev–Trinajstić information content (AvgIpc) is 2.68. The molecule has 15 heavy (non-hydrogen) atoms. The number of hydrogen-bond acceptors (Lipinski definition) is 2. The van der Waals surface area contributed by atoms with Gasteiger partial charge in [-0.3, -0.25) is 0 Å². The standard InChI is InChI=1S/C13H25NO/c1-2-7-14-13(9-11-4-3-5-11)12-6-8-15-10-12/h11-14H,2-10H2,1H3. The van der Waals surface area contributed by atoms with Crippen LogP contribution in [0, 0.1) is 11.8 Å². The largest absolute Gasteiger partial charge is 0.381 e. The van der Waals surface area contributed by atoms with Crippen molar-refractivity contribution in [3.05, 3.63) is 0 Å². The first-order valence-corrected chi connectivity index (χ1v) is 6.71. The second-order valence-electron chi connectivity index (χ2n) is 5.22. The smallest absolute Gasteiger partial charge is 0.0510 e. The highest BCUT2D eigenvalue weighted by Crippen LogP contribution is 2.33. The Hall–Kier alpha value is -0.0800. The molecule has 0 radical (unpaired) electrons. The van der Waals surface area contributed by atoms with Crippen molar-refractivity contribution in [3.8, 4) is 0 Å². The first-order chi connectivity index (χ1) is 7.40. The molecular weight excluding hydrogens is 186 g/mol. The molecule has 1 aliphatic heterocycles. The average molecular weight is 211 g/mol. The van der Waals surface area contributed by atoms with Crippen molar-refractivity contribution in [3.63, 3.8) is 0 Å². The van der Waals surface area contributed by atoms with Crippen LogP contribution in [0.2, 0.25) is 0 Å². The van der Waals surface area contributed by atoms with Crippen LogP contribution in [0.1, 0.15) is 45.4 Å². The predicted molar refractivity (Wildman–Crippen MR) is 63.0 cm³/mol. The summed E-state index contributed by atoms with van der Waals surface area (Å²) in [5.41, 5.74) is 0. The van der Waals surface area contributed by atoms with Gasteiger partial charge in [0.1, 0.15) is 0 Å². The maximum absolute atomic E-state index is 5.51. The van der Waals surface area contributed by atoms with Gasteiger partial charge in [0.2, 0.25) is 0 Å². The fraction of sp³-hybridized carbons (Fsp3) is 1.00. The topological polar surface area (TPSA) is 21.3 Å². The van der Waals surface area contributed by atoms with E-state index in [1.807, 2.05) is 0 Å². The van der Waals surface area contributed by atoms with Gasteiger partial charge in [-0.15, -0.1) is 0 Å². The summed E-state index contributed by atoms with van der Waals surface area (Å²) in [5, 5.41) is 3.73. The third kappa shape index (κ3) is 3.18. The molecule has 1 saturated carbocycles. The molecule has 1 N–H and O–H groups in total. The summed E-state index contributed by atoms with van der Waals surface area (Å²) in [4.78, 5) is 0. The van der Waals surface area contributed by atoms with Crippen molar-refractivity contribution in [2.45, 2.75) is 51.5 Å². The summed E-state index contributed by atoms with van der Waals surface area (Å²) in [5.74, 6) is 1.80. The molecule has 2 aliphatic rings. The molecule has 0 aromatic rings. The van der Waals surface area contributed by atoms with Crippen LogP contribution in [0.5, 0.6) is 0 Å². The highest BCUT2D eigenvalue weighted by atomic mass is 16.5. The van der Waals surface area contributed by atoms with Gasteiger partial charge < -0.3 is 10.1 Å². The highest BCUT2D eigenvalue weighted by Gasteiger charge is 2.29. The molecule has 2 heteroatoms. The number of nitrogens with one attached hydrogen (secondary N) is 1. The van der Waals surface area contributed by atoms with Crippen LogP contribution >= 0.6 is 0 Å². The molecule has 2 nitrogen and oxygen atoms in total. The van der Waals surface area contributed by atoms with E-state index in [2.05, 4.69) is 12.2 Å². The maximum Gasteiger partial charge on any atom is 0.0510 e. The SMILES string of the molecule is CCCNC(CC1CCC1)C1CCOC1. The zero-order chi connectivity index (χ0) is 10.5. The predicted octanol–water partition coefficient (Wildman–Crippen LogP) is 2.58. The van der Waals surface area contributed by atoms with Gasteiger partial charge in [-0.2, -0.15) is 0 Å². The highest BCUT2D eigenvalue weighted by molar-refractivity contribution is 4.84. The zero-order valence-electron chi connectivity index (χ0n) is 10.0. The van der Waals surface area contributed by atoms with E-state index in [1.165, 1.54) is 45.1 Å². The number of ether oxygens (including phenoxy) is 1. The minimum atomic E-state index is 0.734. The summed E-state index contributed by atoms with van der Waals surface area (Å²) >= 11 is 0. The Morgan fingerprint density at radius 2 is 2.20 bits per heavy atom. The van der Waals surface area contributed by atoms with Crippen LogP contribution < -0.4 is 5.32 Å². The van der Waals surface area contributed by atoms with Crippen LogP contribution in [0.4, 0.5) is 0 Å². The third-order valence-corrected chi connectivity index (χ3v) is 4.00. The van der Waals surface area contributed by atoms with Crippen molar-refractivity contribution in [1.29, 1.82) is 0 Å². The van der Waals surface area contributed by atoms with E-state index >= 15 is 0 Å². The lowest BCUT2D eigenvalue weighted by Crippen LogP contribution is -2.39. The summed E-state index contributed by atoms with van der Waals surface area (Å²) in [7, 11) is 0. The van der Waals surface area contributed by atoms with E-state index in [0.717, 1.165) is 31.1 Å². The lowest BCUT2D eigenvalue weighted by atomic mass is 9.78.